The molecule has 0 heterocycles. The van der Waals surface area contributed by atoms with Crippen molar-refractivity contribution in [2.45, 2.75) is 6.54 Å². The molecule has 8 heteroatoms. The second-order valence-corrected chi connectivity index (χ2v) is 6.27. The number of carbonyl (C=O) groups excluding carboxylic acids is 1. The quantitative estimate of drug-likeness (QED) is 0.598. The van der Waals surface area contributed by atoms with Gasteiger partial charge in [-0.25, -0.2) is 4.79 Å². The Balaban J connectivity index is 2.09. The molecule has 0 saturated carbocycles. The van der Waals surface area contributed by atoms with Crippen molar-refractivity contribution >= 4 is 17.4 Å². The van der Waals surface area contributed by atoms with Crippen molar-refractivity contribution < 1.29 is 9.72 Å². The highest BCUT2D eigenvalue weighted by Gasteiger charge is 2.15. The number of carbonyl (C=O) groups is 1. The van der Waals surface area contributed by atoms with Gasteiger partial charge in [0, 0.05) is 37.5 Å². The van der Waals surface area contributed by atoms with Crippen LogP contribution in [0.3, 0.4) is 0 Å². The van der Waals surface area contributed by atoms with E-state index in [0.717, 1.165) is 5.56 Å². The molecule has 0 aromatic heterocycles. The highest BCUT2D eigenvalue weighted by molar-refractivity contribution is 5.89. The fourth-order valence-corrected chi connectivity index (χ4v) is 2.35. The summed E-state index contributed by atoms with van der Waals surface area (Å²) in [6.07, 6.45) is 0. The Morgan fingerprint density at radius 2 is 1.74 bits per heavy atom. The summed E-state index contributed by atoms with van der Waals surface area (Å²) in [7, 11) is 3.85. The van der Waals surface area contributed by atoms with E-state index in [4.69, 9.17) is 5.26 Å². The number of benzene rings is 2. The van der Waals surface area contributed by atoms with Gasteiger partial charge in [-0.2, -0.15) is 5.26 Å². The fourth-order valence-electron chi connectivity index (χ4n) is 2.35. The number of nitriles is 1. The van der Waals surface area contributed by atoms with E-state index in [-0.39, 0.29) is 11.7 Å². The molecule has 0 atom stereocenters. The van der Waals surface area contributed by atoms with Gasteiger partial charge in [0.15, 0.2) is 0 Å². The molecule has 2 aromatic rings. The lowest BCUT2D eigenvalue weighted by molar-refractivity contribution is -0.384. The molecule has 0 radical (unpaired) electrons. The zero-order valence-corrected chi connectivity index (χ0v) is 15.3. The number of amides is 2. The lowest BCUT2D eigenvalue weighted by atomic mass is 10.1. The second-order valence-electron chi connectivity index (χ2n) is 6.27. The molecule has 1 N–H and O–H groups in total. The highest BCUT2D eigenvalue weighted by Crippen LogP contribution is 2.16. The number of nitrogens with zero attached hydrogens (tertiary/aromatic N) is 4. The molecule has 0 fully saturated rings. The summed E-state index contributed by atoms with van der Waals surface area (Å²) in [4.78, 5) is 26.6. The maximum absolute atomic E-state index is 12.7. The molecule has 0 spiro atoms. The van der Waals surface area contributed by atoms with E-state index in [0.29, 0.717) is 30.9 Å². The van der Waals surface area contributed by atoms with Crippen LogP contribution in [0, 0.1) is 21.4 Å². The maximum Gasteiger partial charge on any atom is 0.322 e. The molecule has 27 heavy (non-hydrogen) atoms. The third-order valence-corrected chi connectivity index (χ3v) is 3.89. The Hall–Kier alpha value is -3.44. The third-order valence-electron chi connectivity index (χ3n) is 3.89. The summed E-state index contributed by atoms with van der Waals surface area (Å²) >= 11 is 0. The molecule has 0 aliphatic heterocycles. The van der Waals surface area contributed by atoms with E-state index in [2.05, 4.69) is 11.4 Å². The van der Waals surface area contributed by atoms with Gasteiger partial charge in [0.25, 0.3) is 5.69 Å². The van der Waals surface area contributed by atoms with Gasteiger partial charge in [0.1, 0.15) is 0 Å². The van der Waals surface area contributed by atoms with E-state index in [1.807, 2.05) is 31.1 Å². The number of non-ortho nitro benzene ring substituents is 1. The van der Waals surface area contributed by atoms with Gasteiger partial charge in [-0.3, -0.25) is 10.1 Å². The third kappa shape index (κ3) is 6.09. The minimum absolute atomic E-state index is 0.0324. The van der Waals surface area contributed by atoms with Gasteiger partial charge in [-0.1, -0.05) is 12.1 Å². The number of nitro groups is 1. The van der Waals surface area contributed by atoms with Crippen molar-refractivity contribution in [1.82, 2.24) is 9.80 Å². The normalized spacial score (nSPS) is 10.3. The van der Waals surface area contributed by atoms with Crippen molar-refractivity contribution in [2.24, 2.45) is 0 Å². The minimum atomic E-state index is -0.486. The Morgan fingerprint density at radius 1 is 1.11 bits per heavy atom. The van der Waals surface area contributed by atoms with Crippen LogP contribution < -0.4 is 5.32 Å². The number of rotatable bonds is 7. The number of hydrogen-bond donors (Lipinski definition) is 1. The number of likely N-dealkylation sites (N-methyl/N-ethyl adjacent to an activating group) is 1. The fraction of sp³-hybridized carbons (Fsp3) is 0.263. The maximum atomic E-state index is 12.7. The Labute approximate surface area is 157 Å². The number of urea groups is 1. The topological polar surface area (TPSA) is 103 Å². The molecule has 0 unspecified atom stereocenters. The van der Waals surface area contributed by atoms with E-state index < -0.39 is 4.92 Å². The summed E-state index contributed by atoms with van der Waals surface area (Å²) in [6.45, 7) is 1.58. The minimum Gasteiger partial charge on any atom is -0.319 e. The first-order valence-electron chi connectivity index (χ1n) is 8.33. The van der Waals surface area contributed by atoms with E-state index in [1.165, 1.54) is 24.3 Å². The average molecular weight is 367 g/mol. The predicted octanol–water partition coefficient (Wildman–Crippen LogP) is 3.06. The molecule has 0 bridgehead atoms. The standard InChI is InChI=1S/C19H21N5O3/c1-22(2)11-12-23(14-16-5-3-15(13-20)4-6-16)19(25)21-17-7-9-18(10-8-17)24(26)27/h3-10H,11-12,14H2,1-2H3,(H,21,25). The van der Waals surface area contributed by atoms with Crippen LogP contribution in [0.5, 0.6) is 0 Å². The van der Waals surface area contributed by atoms with Crippen molar-refractivity contribution in [3.05, 3.63) is 69.8 Å². The van der Waals surface area contributed by atoms with Crippen molar-refractivity contribution in [1.29, 1.82) is 5.26 Å². The van der Waals surface area contributed by atoms with Crippen LogP contribution in [0.4, 0.5) is 16.2 Å². The zero-order valence-electron chi connectivity index (χ0n) is 15.3. The lowest BCUT2D eigenvalue weighted by Crippen LogP contribution is -2.39. The predicted molar refractivity (Wildman–Crippen MR) is 102 cm³/mol. The van der Waals surface area contributed by atoms with Crippen molar-refractivity contribution in [2.75, 3.05) is 32.5 Å². The SMILES string of the molecule is CN(C)CCN(Cc1ccc(C#N)cc1)C(=O)Nc1ccc([N+](=O)[O-])cc1. The molecule has 0 aliphatic carbocycles. The van der Waals surface area contributed by atoms with Crippen molar-refractivity contribution in [3.63, 3.8) is 0 Å². The van der Waals surface area contributed by atoms with Gasteiger partial charge >= 0.3 is 6.03 Å². The number of nitro benzene ring substituents is 1. The zero-order chi connectivity index (χ0) is 19.8. The molecule has 2 aromatic carbocycles. The number of hydrogen-bond acceptors (Lipinski definition) is 5. The molecular weight excluding hydrogens is 346 g/mol. The Kier molecular flexibility index (Phi) is 6.86. The van der Waals surface area contributed by atoms with Crippen LogP contribution in [0.15, 0.2) is 48.5 Å². The van der Waals surface area contributed by atoms with Gasteiger partial charge in [-0.05, 0) is 43.9 Å². The molecule has 140 valence electrons. The summed E-state index contributed by atoms with van der Waals surface area (Å²) in [5, 5.41) is 22.4. The molecule has 0 aliphatic rings. The second kappa shape index (κ2) is 9.31. The van der Waals surface area contributed by atoms with Gasteiger partial charge in [0.2, 0.25) is 0 Å². The summed E-state index contributed by atoms with van der Waals surface area (Å²) < 4.78 is 0. The van der Waals surface area contributed by atoms with Gasteiger partial charge in [0.05, 0.1) is 16.6 Å². The van der Waals surface area contributed by atoms with Crippen LogP contribution in [-0.2, 0) is 6.54 Å². The van der Waals surface area contributed by atoms with Crippen molar-refractivity contribution in [3.8, 4) is 6.07 Å². The largest absolute Gasteiger partial charge is 0.322 e. The van der Waals surface area contributed by atoms with Crippen LogP contribution in [0.25, 0.3) is 0 Å². The Bertz CT molecular complexity index is 826. The van der Waals surface area contributed by atoms with Gasteiger partial charge in [-0.15, -0.1) is 0 Å². The molecule has 2 rings (SSSR count). The average Bonchev–Trinajstić information content (AvgIpc) is 2.65. The first kappa shape index (κ1) is 19.9. The molecular formula is C19H21N5O3. The molecule has 2 amide bonds. The van der Waals surface area contributed by atoms with Crippen LogP contribution in [0.1, 0.15) is 11.1 Å². The Morgan fingerprint density at radius 3 is 2.26 bits per heavy atom. The van der Waals surface area contributed by atoms with Crippen LogP contribution in [0.2, 0.25) is 0 Å². The molecule has 8 nitrogen and oxygen atoms in total. The summed E-state index contributed by atoms with van der Waals surface area (Å²) in [5.41, 5.74) is 1.93. The molecule has 0 saturated heterocycles. The number of anilines is 1. The first-order valence-corrected chi connectivity index (χ1v) is 8.33. The van der Waals surface area contributed by atoms with E-state index >= 15 is 0 Å². The van der Waals surface area contributed by atoms with Crippen LogP contribution >= 0.6 is 0 Å². The monoisotopic (exact) mass is 367 g/mol. The van der Waals surface area contributed by atoms with Crippen LogP contribution in [-0.4, -0.2) is 47.9 Å². The summed E-state index contributed by atoms with van der Waals surface area (Å²) in [5.74, 6) is 0. The lowest BCUT2D eigenvalue weighted by Gasteiger charge is -2.25. The smallest absolute Gasteiger partial charge is 0.319 e. The summed E-state index contributed by atoms with van der Waals surface area (Å²) in [6, 6.07) is 14.5. The van der Waals surface area contributed by atoms with Gasteiger partial charge < -0.3 is 15.1 Å². The highest BCUT2D eigenvalue weighted by atomic mass is 16.6. The van der Waals surface area contributed by atoms with E-state index in [1.54, 1.807) is 17.0 Å². The number of nitrogens with one attached hydrogen (secondary N) is 1. The first-order chi connectivity index (χ1) is 12.9. The van der Waals surface area contributed by atoms with E-state index in [9.17, 15) is 14.9 Å².